The van der Waals surface area contributed by atoms with Gasteiger partial charge in [-0.3, -0.25) is 9.97 Å². The molecule has 2 aromatic heterocycles. The van der Waals surface area contributed by atoms with E-state index in [2.05, 4.69) is 37.7 Å². The van der Waals surface area contributed by atoms with Crippen LogP contribution in [0, 0.1) is 11.8 Å². The predicted molar refractivity (Wildman–Crippen MR) is 160 cm³/mol. The summed E-state index contributed by atoms with van der Waals surface area (Å²) in [6.45, 7) is 10.1. The molecular weight excluding hydrogens is 470 g/mol. The lowest BCUT2D eigenvalue weighted by atomic mass is 9.96. The van der Waals surface area contributed by atoms with Crippen molar-refractivity contribution in [2.45, 2.75) is 130 Å². The minimum absolute atomic E-state index is 0.697. The Balaban J connectivity index is 1.64. The van der Waals surface area contributed by atoms with E-state index in [1.807, 2.05) is 30.7 Å². The van der Waals surface area contributed by atoms with Crippen LogP contribution >= 0.6 is 0 Å². The van der Waals surface area contributed by atoms with Crippen molar-refractivity contribution in [3.05, 3.63) is 30.7 Å². The van der Waals surface area contributed by atoms with Crippen molar-refractivity contribution in [1.82, 2.24) is 15.0 Å². The van der Waals surface area contributed by atoms with Gasteiger partial charge in [0.1, 0.15) is 9.52 Å². The van der Waals surface area contributed by atoms with E-state index in [1.54, 1.807) is 0 Å². The van der Waals surface area contributed by atoms with E-state index >= 15 is 0 Å². The molecule has 37 heavy (non-hydrogen) atoms. The number of unbranched alkanes of at least 4 members (excludes halogenated alkanes) is 9. The molecule has 0 amide bonds. The average molecular weight is 524 g/mol. The number of hydrogen-bond acceptors (Lipinski definition) is 4. The van der Waals surface area contributed by atoms with Gasteiger partial charge in [0, 0.05) is 29.3 Å². The second-order valence-corrected chi connectivity index (χ2v) is 12.3. The Kier molecular flexibility index (Phi) is 17.2. The van der Waals surface area contributed by atoms with Crippen LogP contribution < -0.4 is 10.1 Å². The van der Waals surface area contributed by atoms with Gasteiger partial charge in [-0.05, 0) is 24.3 Å². The SMILES string of the molecule is CCCCCCCCOc1ccc(-c2cncc([Si]CC(C)CCCCCC(C)CCCCC)n2)cn1. The van der Waals surface area contributed by atoms with Crippen LogP contribution in [0.2, 0.25) is 6.04 Å². The molecule has 2 heterocycles. The molecule has 4 nitrogen and oxygen atoms in total. The molecule has 2 aromatic rings. The van der Waals surface area contributed by atoms with Gasteiger partial charge in [-0.2, -0.15) is 0 Å². The van der Waals surface area contributed by atoms with E-state index in [0.29, 0.717) is 15.4 Å². The zero-order valence-corrected chi connectivity index (χ0v) is 25.3. The Bertz CT molecular complexity index is 814. The first-order chi connectivity index (χ1) is 18.1. The van der Waals surface area contributed by atoms with Crippen molar-refractivity contribution < 1.29 is 4.74 Å². The highest BCUT2D eigenvalue weighted by molar-refractivity contribution is 6.52. The van der Waals surface area contributed by atoms with Gasteiger partial charge in [0.15, 0.2) is 0 Å². The van der Waals surface area contributed by atoms with Crippen LogP contribution in [0.4, 0.5) is 0 Å². The summed E-state index contributed by atoms with van der Waals surface area (Å²) in [6.07, 6.45) is 25.7. The summed E-state index contributed by atoms with van der Waals surface area (Å²) in [7, 11) is 0.712. The maximum Gasteiger partial charge on any atom is 0.213 e. The molecule has 5 heteroatoms. The maximum absolute atomic E-state index is 5.82. The largest absolute Gasteiger partial charge is 0.478 e. The smallest absolute Gasteiger partial charge is 0.213 e. The topological polar surface area (TPSA) is 47.9 Å². The molecule has 0 aliphatic carbocycles. The standard InChI is InChI=1S/C32H53N3OSi/c1-5-7-9-10-11-16-22-36-31-21-20-29(23-34-31)30-24-33-25-32(35-30)37-26-28(4)19-15-12-14-18-27(3)17-13-8-6-2/h20-21,23-25,27-28H,5-19,22,26H2,1-4H3. The molecule has 2 unspecified atom stereocenters. The summed E-state index contributed by atoms with van der Waals surface area (Å²) < 4.78 is 5.82. The summed E-state index contributed by atoms with van der Waals surface area (Å²) in [6, 6.07) is 5.21. The summed E-state index contributed by atoms with van der Waals surface area (Å²) in [4.78, 5) is 13.8. The number of nitrogens with zero attached hydrogens (tertiary/aromatic N) is 3. The first-order valence-corrected chi connectivity index (χ1v) is 16.5. The maximum atomic E-state index is 5.82. The summed E-state index contributed by atoms with van der Waals surface area (Å²) in [5.41, 5.74) is 1.91. The Hall–Kier alpha value is -1.75. The highest BCUT2D eigenvalue weighted by atomic mass is 28.2. The number of ether oxygens (including phenoxy) is 1. The Morgan fingerprint density at radius 3 is 2.11 bits per heavy atom. The fourth-order valence-electron chi connectivity index (χ4n) is 4.70. The van der Waals surface area contributed by atoms with E-state index < -0.39 is 0 Å². The third kappa shape index (κ3) is 14.7. The minimum atomic E-state index is 0.697. The molecule has 0 aliphatic rings. The highest BCUT2D eigenvalue weighted by Crippen LogP contribution is 2.20. The van der Waals surface area contributed by atoms with Crippen LogP contribution in [0.5, 0.6) is 5.88 Å². The minimum Gasteiger partial charge on any atom is -0.478 e. The van der Waals surface area contributed by atoms with Crippen molar-refractivity contribution in [3.63, 3.8) is 0 Å². The quantitative estimate of drug-likeness (QED) is 0.114. The molecular formula is C32H53N3OSi. The third-order valence-electron chi connectivity index (χ3n) is 7.24. The van der Waals surface area contributed by atoms with Gasteiger partial charge in [-0.15, -0.1) is 0 Å². The summed E-state index contributed by atoms with van der Waals surface area (Å²) >= 11 is 0. The molecule has 0 saturated heterocycles. The van der Waals surface area contributed by atoms with Gasteiger partial charge < -0.3 is 4.74 Å². The van der Waals surface area contributed by atoms with Crippen LogP contribution in [0.1, 0.15) is 124 Å². The van der Waals surface area contributed by atoms with Crippen LogP contribution in [0.15, 0.2) is 30.7 Å². The van der Waals surface area contributed by atoms with Crippen molar-refractivity contribution in [1.29, 1.82) is 0 Å². The van der Waals surface area contributed by atoms with Gasteiger partial charge in [0.05, 0.1) is 18.5 Å². The van der Waals surface area contributed by atoms with Crippen molar-refractivity contribution in [3.8, 4) is 17.1 Å². The van der Waals surface area contributed by atoms with Gasteiger partial charge in [-0.25, -0.2) is 4.98 Å². The fourth-order valence-corrected chi connectivity index (χ4v) is 5.82. The number of aromatic nitrogens is 3. The Labute approximate surface area is 230 Å². The first-order valence-electron chi connectivity index (χ1n) is 15.3. The van der Waals surface area contributed by atoms with E-state index in [4.69, 9.17) is 9.72 Å². The second kappa shape index (κ2) is 20.2. The van der Waals surface area contributed by atoms with Crippen molar-refractivity contribution >= 4 is 14.8 Å². The van der Waals surface area contributed by atoms with Gasteiger partial charge in [-0.1, -0.05) is 124 Å². The average Bonchev–Trinajstić information content (AvgIpc) is 2.92. The number of rotatable bonds is 22. The Morgan fingerprint density at radius 1 is 0.730 bits per heavy atom. The molecule has 0 saturated carbocycles. The van der Waals surface area contributed by atoms with E-state index in [1.165, 1.54) is 95.9 Å². The molecule has 0 bridgehead atoms. The monoisotopic (exact) mass is 523 g/mol. The lowest BCUT2D eigenvalue weighted by Gasteiger charge is -2.12. The lowest BCUT2D eigenvalue weighted by molar-refractivity contribution is 0.293. The van der Waals surface area contributed by atoms with E-state index in [-0.39, 0.29) is 0 Å². The van der Waals surface area contributed by atoms with Crippen LogP contribution in [0.3, 0.4) is 0 Å². The Morgan fingerprint density at radius 2 is 1.38 bits per heavy atom. The van der Waals surface area contributed by atoms with Crippen molar-refractivity contribution in [2.24, 2.45) is 11.8 Å². The predicted octanol–water partition coefficient (Wildman–Crippen LogP) is 8.83. The highest BCUT2D eigenvalue weighted by Gasteiger charge is 2.09. The van der Waals surface area contributed by atoms with Crippen molar-refractivity contribution in [2.75, 3.05) is 6.61 Å². The molecule has 0 aliphatic heterocycles. The molecule has 206 valence electrons. The number of hydrogen-bond donors (Lipinski definition) is 0. The molecule has 0 spiro atoms. The molecule has 2 rings (SSSR count). The second-order valence-electron chi connectivity index (χ2n) is 11.0. The zero-order chi connectivity index (χ0) is 26.6. The van der Waals surface area contributed by atoms with Gasteiger partial charge >= 0.3 is 0 Å². The van der Waals surface area contributed by atoms with E-state index in [0.717, 1.165) is 41.4 Å². The van der Waals surface area contributed by atoms with Crippen LogP contribution in [0.25, 0.3) is 11.3 Å². The zero-order valence-electron chi connectivity index (χ0n) is 24.3. The first kappa shape index (κ1) is 31.5. The fraction of sp³-hybridized carbons (Fsp3) is 0.719. The molecule has 0 fully saturated rings. The van der Waals surface area contributed by atoms with Gasteiger partial charge in [0.2, 0.25) is 5.88 Å². The normalized spacial score (nSPS) is 13.0. The number of pyridine rings is 1. The van der Waals surface area contributed by atoms with Crippen LogP contribution in [-0.4, -0.2) is 31.1 Å². The summed E-state index contributed by atoms with van der Waals surface area (Å²) in [5, 5.41) is 1.11. The molecule has 2 radical (unpaired) electrons. The van der Waals surface area contributed by atoms with Gasteiger partial charge in [0.25, 0.3) is 0 Å². The van der Waals surface area contributed by atoms with Crippen LogP contribution in [-0.2, 0) is 0 Å². The lowest BCUT2D eigenvalue weighted by Crippen LogP contribution is -2.21. The molecule has 2 atom stereocenters. The molecule has 0 N–H and O–H groups in total. The third-order valence-corrected chi connectivity index (χ3v) is 8.74. The van der Waals surface area contributed by atoms with E-state index in [9.17, 15) is 0 Å². The molecule has 0 aromatic carbocycles. The summed E-state index contributed by atoms with van der Waals surface area (Å²) in [5.74, 6) is 2.35.